The van der Waals surface area contributed by atoms with Crippen LogP contribution in [0.3, 0.4) is 0 Å². The first-order chi connectivity index (χ1) is 12.5. The Kier molecular flexibility index (Phi) is 6.46. The Morgan fingerprint density at radius 2 is 2.12 bits per heavy atom. The van der Waals surface area contributed by atoms with Crippen molar-refractivity contribution in [2.24, 2.45) is 5.92 Å². The van der Waals surface area contributed by atoms with E-state index >= 15 is 0 Å². The summed E-state index contributed by atoms with van der Waals surface area (Å²) in [5, 5.41) is 4.13. The van der Waals surface area contributed by atoms with Gasteiger partial charge in [0.1, 0.15) is 0 Å². The third-order valence-electron chi connectivity index (χ3n) is 4.69. The Morgan fingerprint density at radius 1 is 1.38 bits per heavy atom. The molecule has 2 heterocycles. The number of likely N-dealkylation sites (tertiary alicyclic amines) is 1. The van der Waals surface area contributed by atoms with Crippen LogP contribution in [0.2, 0.25) is 5.02 Å². The zero-order chi connectivity index (χ0) is 18.5. The van der Waals surface area contributed by atoms with Gasteiger partial charge in [-0.25, -0.2) is 4.98 Å². The lowest BCUT2D eigenvalue weighted by molar-refractivity contribution is -0.111. The molecule has 0 saturated carbocycles. The highest BCUT2D eigenvalue weighted by molar-refractivity contribution is 7.15. The quantitative estimate of drug-likeness (QED) is 0.733. The van der Waals surface area contributed by atoms with E-state index in [1.165, 1.54) is 23.8 Å². The third-order valence-corrected chi connectivity index (χ3v) is 6.09. The van der Waals surface area contributed by atoms with Gasteiger partial charge in [0.15, 0.2) is 5.13 Å². The molecule has 1 saturated heterocycles. The predicted octanol–water partition coefficient (Wildman–Crippen LogP) is 4.99. The fraction of sp³-hybridized carbons (Fsp3) is 0.400. The number of rotatable bonds is 5. The maximum absolute atomic E-state index is 12.2. The van der Waals surface area contributed by atoms with Crippen LogP contribution in [0.5, 0.6) is 0 Å². The molecule has 26 heavy (non-hydrogen) atoms. The van der Waals surface area contributed by atoms with Crippen LogP contribution in [-0.2, 0) is 11.3 Å². The van der Waals surface area contributed by atoms with Crippen molar-refractivity contribution in [2.45, 2.75) is 33.2 Å². The molecule has 1 aromatic carbocycles. The van der Waals surface area contributed by atoms with Gasteiger partial charge in [-0.15, -0.1) is 11.3 Å². The Bertz CT molecular complexity index is 794. The van der Waals surface area contributed by atoms with Gasteiger partial charge >= 0.3 is 0 Å². The van der Waals surface area contributed by atoms with Crippen LogP contribution in [-0.4, -0.2) is 28.9 Å². The van der Waals surface area contributed by atoms with Gasteiger partial charge in [0, 0.05) is 22.5 Å². The number of anilines is 1. The fourth-order valence-corrected chi connectivity index (χ4v) is 4.18. The van der Waals surface area contributed by atoms with Gasteiger partial charge in [-0.2, -0.15) is 0 Å². The van der Waals surface area contributed by atoms with Crippen LogP contribution >= 0.6 is 22.9 Å². The number of nitrogens with zero attached hydrogens (tertiary/aromatic N) is 2. The van der Waals surface area contributed by atoms with Crippen molar-refractivity contribution in [1.82, 2.24) is 9.88 Å². The lowest BCUT2D eigenvalue weighted by atomic mass is 9.99. The molecule has 0 aliphatic carbocycles. The standard InChI is InChI=1S/C20H24ClN3OS/c1-14-9-11-24(12-10-14)13-18-15(2)22-20(26-18)23-19(25)8-7-16-5-3-4-6-17(16)21/h3-8,14H,9-13H2,1-2H3,(H,22,23,25)/b8-7+. The zero-order valence-electron chi connectivity index (χ0n) is 15.2. The molecule has 1 amide bonds. The summed E-state index contributed by atoms with van der Waals surface area (Å²) in [5.41, 5.74) is 1.82. The van der Waals surface area contributed by atoms with Crippen LogP contribution < -0.4 is 5.32 Å². The number of aromatic nitrogens is 1. The lowest BCUT2D eigenvalue weighted by Crippen LogP contribution is -2.32. The number of thiazole rings is 1. The van der Waals surface area contributed by atoms with Crippen LogP contribution in [0.15, 0.2) is 30.3 Å². The van der Waals surface area contributed by atoms with Crippen molar-refractivity contribution in [2.75, 3.05) is 18.4 Å². The number of hydrogen-bond acceptors (Lipinski definition) is 4. The fourth-order valence-electron chi connectivity index (χ4n) is 2.97. The van der Waals surface area contributed by atoms with E-state index < -0.39 is 0 Å². The van der Waals surface area contributed by atoms with E-state index in [4.69, 9.17) is 11.6 Å². The van der Waals surface area contributed by atoms with Crippen LogP contribution in [0.25, 0.3) is 6.08 Å². The summed E-state index contributed by atoms with van der Waals surface area (Å²) < 4.78 is 0. The number of benzene rings is 1. The highest BCUT2D eigenvalue weighted by Crippen LogP contribution is 2.26. The van der Waals surface area contributed by atoms with E-state index in [1.807, 2.05) is 25.1 Å². The number of nitrogens with one attached hydrogen (secondary N) is 1. The van der Waals surface area contributed by atoms with E-state index in [0.717, 1.165) is 36.8 Å². The summed E-state index contributed by atoms with van der Waals surface area (Å²) in [6.45, 7) is 7.52. The largest absolute Gasteiger partial charge is 0.298 e. The monoisotopic (exact) mass is 389 g/mol. The second-order valence-electron chi connectivity index (χ2n) is 6.83. The van der Waals surface area contributed by atoms with Crippen molar-refractivity contribution < 1.29 is 4.79 Å². The van der Waals surface area contributed by atoms with Gasteiger partial charge in [0.25, 0.3) is 0 Å². The molecule has 1 aliphatic heterocycles. The molecule has 138 valence electrons. The Hall–Kier alpha value is -1.69. The number of carbonyl (C=O) groups excluding carboxylic acids is 1. The minimum atomic E-state index is -0.197. The highest BCUT2D eigenvalue weighted by Gasteiger charge is 2.18. The van der Waals surface area contributed by atoms with Gasteiger partial charge in [-0.3, -0.25) is 15.0 Å². The van der Waals surface area contributed by atoms with Gasteiger partial charge in [-0.05, 0) is 56.5 Å². The normalized spacial score (nSPS) is 16.3. The first-order valence-electron chi connectivity index (χ1n) is 8.93. The van der Waals surface area contributed by atoms with Crippen molar-refractivity contribution in [3.63, 3.8) is 0 Å². The van der Waals surface area contributed by atoms with Gasteiger partial charge in [-0.1, -0.05) is 36.7 Å². The summed E-state index contributed by atoms with van der Waals surface area (Å²) in [6, 6.07) is 7.43. The van der Waals surface area contributed by atoms with Gasteiger partial charge in [0.2, 0.25) is 5.91 Å². The molecule has 0 spiro atoms. The highest BCUT2D eigenvalue weighted by atomic mass is 35.5. The van der Waals surface area contributed by atoms with E-state index in [2.05, 4.69) is 22.1 Å². The topological polar surface area (TPSA) is 45.2 Å². The molecule has 1 N–H and O–H groups in total. The van der Waals surface area contributed by atoms with Crippen molar-refractivity contribution >= 4 is 40.1 Å². The molecule has 2 aromatic rings. The van der Waals surface area contributed by atoms with Crippen molar-refractivity contribution in [3.05, 3.63) is 51.5 Å². The molecular weight excluding hydrogens is 366 g/mol. The van der Waals surface area contributed by atoms with E-state index in [0.29, 0.717) is 10.2 Å². The molecule has 0 bridgehead atoms. The van der Waals surface area contributed by atoms with Gasteiger partial charge < -0.3 is 0 Å². The molecule has 0 atom stereocenters. The number of amides is 1. The molecule has 0 unspecified atom stereocenters. The van der Waals surface area contributed by atoms with Crippen molar-refractivity contribution in [3.8, 4) is 0 Å². The zero-order valence-corrected chi connectivity index (χ0v) is 16.7. The average Bonchev–Trinajstić information content (AvgIpc) is 2.95. The van der Waals surface area contributed by atoms with Crippen molar-refractivity contribution in [1.29, 1.82) is 0 Å². The molecule has 0 radical (unpaired) electrons. The van der Waals surface area contributed by atoms with Crippen LogP contribution in [0.4, 0.5) is 5.13 Å². The second kappa shape index (κ2) is 8.80. The Morgan fingerprint density at radius 3 is 2.85 bits per heavy atom. The predicted molar refractivity (Wildman–Crippen MR) is 110 cm³/mol. The van der Waals surface area contributed by atoms with E-state index in [-0.39, 0.29) is 5.91 Å². The van der Waals surface area contributed by atoms with Crippen LogP contribution in [0.1, 0.15) is 35.9 Å². The SMILES string of the molecule is Cc1nc(NC(=O)/C=C/c2ccccc2Cl)sc1CN1CCC(C)CC1. The molecule has 3 rings (SSSR count). The maximum Gasteiger partial charge on any atom is 0.250 e. The number of aryl methyl sites for hydroxylation is 1. The smallest absolute Gasteiger partial charge is 0.250 e. The summed E-state index contributed by atoms with van der Waals surface area (Å²) in [5.74, 6) is 0.630. The minimum absolute atomic E-state index is 0.197. The molecular formula is C20H24ClN3OS. The van der Waals surface area contributed by atoms with Gasteiger partial charge in [0.05, 0.1) is 5.69 Å². The summed E-state index contributed by atoms with van der Waals surface area (Å²) in [4.78, 5) is 20.4. The molecule has 1 fully saturated rings. The Labute approximate surface area is 163 Å². The lowest BCUT2D eigenvalue weighted by Gasteiger charge is -2.29. The molecule has 1 aliphatic rings. The van der Waals surface area contributed by atoms with E-state index in [9.17, 15) is 4.79 Å². The maximum atomic E-state index is 12.2. The van der Waals surface area contributed by atoms with E-state index in [1.54, 1.807) is 23.5 Å². The number of hydrogen-bond donors (Lipinski definition) is 1. The summed E-state index contributed by atoms with van der Waals surface area (Å²) in [7, 11) is 0. The first-order valence-corrected chi connectivity index (χ1v) is 10.1. The number of carbonyl (C=O) groups is 1. The van der Waals surface area contributed by atoms with Crippen LogP contribution in [0, 0.1) is 12.8 Å². The molecule has 6 heteroatoms. The third kappa shape index (κ3) is 5.16. The number of piperidine rings is 1. The molecule has 1 aromatic heterocycles. The number of halogens is 1. The average molecular weight is 390 g/mol. The summed E-state index contributed by atoms with van der Waals surface area (Å²) >= 11 is 7.66. The summed E-state index contributed by atoms with van der Waals surface area (Å²) in [6.07, 6.45) is 5.72. The second-order valence-corrected chi connectivity index (χ2v) is 8.32. The minimum Gasteiger partial charge on any atom is -0.298 e. The first kappa shape index (κ1) is 19.1. The Balaban J connectivity index is 1.58. The molecule has 4 nitrogen and oxygen atoms in total.